The summed E-state index contributed by atoms with van der Waals surface area (Å²) in [5.41, 5.74) is 7.29. The third-order valence-corrected chi connectivity index (χ3v) is 2.85. The predicted octanol–water partition coefficient (Wildman–Crippen LogP) is 1.96. The molecular formula is C11H8ClN5O. The number of rotatable bonds is 1. The van der Waals surface area contributed by atoms with Gasteiger partial charge in [-0.15, -0.1) is 0 Å². The molecule has 0 radical (unpaired) electrons. The van der Waals surface area contributed by atoms with Crippen LogP contribution < -0.4 is 5.73 Å². The standard InChI is InChI=1S/C11H8ClN5O/c12-7-2-1-5(18)3-6(7)10-16-8-9(13)14-4-15-11(8)17-10/h1-4,18H,(H3,13,14,15,16,17). The second kappa shape index (κ2) is 3.85. The lowest BCUT2D eigenvalue weighted by Crippen LogP contribution is -1.91. The molecule has 0 fully saturated rings. The van der Waals surface area contributed by atoms with Crippen LogP contribution in [0.4, 0.5) is 5.82 Å². The van der Waals surface area contributed by atoms with Crippen LogP contribution in [0.25, 0.3) is 22.6 Å². The topological polar surface area (TPSA) is 101 Å². The molecule has 7 heteroatoms. The maximum absolute atomic E-state index is 9.48. The van der Waals surface area contributed by atoms with Crippen molar-refractivity contribution in [2.75, 3.05) is 5.73 Å². The molecule has 0 saturated carbocycles. The second-order valence-electron chi connectivity index (χ2n) is 3.71. The lowest BCUT2D eigenvalue weighted by molar-refractivity contribution is 0.475. The summed E-state index contributed by atoms with van der Waals surface area (Å²) in [6, 6.07) is 4.61. The molecule has 0 aliphatic heterocycles. The minimum absolute atomic E-state index is 0.105. The van der Waals surface area contributed by atoms with Crippen LogP contribution in [0.5, 0.6) is 5.75 Å². The Morgan fingerprint density at radius 2 is 2.11 bits per heavy atom. The largest absolute Gasteiger partial charge is 0.508 e. The number of nitrogens with two attached hydrogens (primary N) is 1. The van der Waals surface area contributed by atoms with Gasteiger partial charge in [-0.3, -0.25) is 0 Å². The number of aromatic amines is 1. The molecule has 0 spiro atoms. The number of anilines is 1. The highest BCUT2D eigenvalue weighted by atomic mass is 35.5. The first-order chi connectivity index (χ1) is 8.65. The van der Waals surface area contributed by atoms with Crippen LogP contribution in [0.3, 0.4) is 0 Å². The number of hydrogen-bond donors (Lipinski definition) is 3. The molecule has 1 aromatic carbocycles. The Hall–Kier alpha value is -2.34. The maximum Gasteiger partial charge on any atom is 0.183 e. The molecule has 18 heavy (non-hydrogen) atoms. The Balaban J connectivity index is 2.26. The van der Waals surface area contributed by atoms with Crippen molar-refractivity contribution in [1.29, 1.82) is 0 Å². The number of fused-ring (bicyclic) bond motifs is 1. The van der Waals surface area contributed by atoms with Crippen molar-refractivity contribution in [2.24, 2.45) is 0 Å². The number of imidazole rings is 1. The van der Waals surface area contributed by atoms with Gasteiger partial charge in [0.2, 0.25) is 0 Å². The fraction of sp³-hybridized carbons (Fsp3) is 0. The van der Waals surface area contributed by atoms with E-state index in [1.165, 1.54) is 18.5 Å². The Morgan fingerprint density at radius 3 is 2.89 bits per heavy atom. The molecule has 4 N–H and O–H groups in total. The van der Waals surface area contributed by atoms with Gasteiger partial charge in [0.1, 0.15) is 23.4 Å². The Labute approximate surface area is 106 Å². The zero-order valence-electron chi connectivity index (χ0n) is 9.05. The van der Waals surface area contributed by atoms with E-state index in [0.29, 0.717) is 33.4 Å². The summed E-state index contributed by atoms with van der Waals surface area (Å²) in [4.78, 5) is 15.1. The average molecular weight is 262 g/mol. The van der Waals surface area contributed by atoms with Crippen molar-refractivity contribution in [3.63, 3.8) is 0 Å². The average Bonchev–Trinajstić information content (AvgIpc) is 2.77. The summed E-state index contributed by atoms with van der Waals surface area (Å²) >= 11 is 6.06. The number of nitrogen functional groups attached to an aromatic ring is 1. The van der Waals surface area contributed by atoms with E-state index >= 15 is 0 Å². The first-order valence-electron chi connectivity index (χ1n) is 5.10. The maximum atomic E-state index is 9.48. The van der Waals surface area contributed by atoms with Gasteiger partial charge in [-0.2, -0.15) is 0 Å². The molecule has 0 bridgehead atoms. The van der Waals surface area contributed by atoms with Crippen LogP contribution in [0, 0.1) is 0 Å². The fourth-order valence-electron chi connectivity index (χ4n) is 1.67. The minimum Gasteiger partial charge on any atom is -0.508 e. The zero-order chi connectivity index (χ0) is 12.7. The van der Waals surface area contributed by atoms with E-state index in [9.17, 15) is 5.11 Å². The molecule has 3 rings (SSSR count). The lowest BCUT2D eigenvalue weighted by Gasteiger charge is -2.00. The van der Waals surface area contributed by atoms with E-state index in [0.717, 1.165) is 0 Å². The van der Waals surface area contributed by atoms with Crippen molar-refractivity contribution in [3.05, 3.63) is 29.5 Å². The molecule has 0 amide bonds. The first-order valence-corrected chi connectivity index (χ1v) is 5.48. The molecule has 0 unspecified atom stereocenters. The highest BCUT2D eigenvalue weighted by Crippen LogP contribution is 2.30. The molecule has 0 atom stereocenters. The highest BCUT2D eigenvalue weighted by molar-refractivity contribution is 6.33. The number of phenolic OH excluding ortho intramolecular Hbond substituents is 1. The Morgan fingerprint density at radius 1 is 1.28 bits per heavy atom. The van der Waals surface area contributed by atoms with Crippen LogP contribution >= 0.6 is 11.6 Å². The molecule has 0 saturated heterocycles. The van der Waals surface area contributed by atoms with Gasteiger partial charge in [-0.05, 0) is 18.2 Å². The molecule has 0 aliphatic rings. The molecule has 3 aromatic rings. The number of benzene rings is 1. The van der Waals surface area contributed by atoms with Crippen molar-refractivity contribution >= 4 is 28.6 Å². The number of hydrogen-bond acceptors (Lipinski definition) is 5. The van der Waals surface area contributed by atoms with E-state index in [4.69, 9.17) is 17.3 Å². The van der Waals surface area contributed by atoms with E-state index in [-0.39, 0.29) is 5.75 Å². The third-order valence-electron chi connectivity index (χ3n) is 2.52. The monoisotopic (exact) mass is 261 g/mol. The van der Waals surface area contributed by atoms with Crippen LogP contribution in [-0.4, -0.2) is 25.0 Å². The van der Waals surface area contributed by atoms with E-state index < -0.39 is 0 Å². The molecule has 6 nitrogen and oxygen atoms in total. The summed E-state index contributed by atoms with van der Waals surface area (Å²) in [5, 5.41) is 9.95. The number of nitrogens with one attached hydrogen (secondary N) is 1. The van der Waals surface area contributed by atoms with Crippen molar-refractivity contribution in [2.45, 2.75) is 0 Å². The summed E-state index contributed by atoms with van der Waals surface area (Å²) in [6.45, 7) is 0. The molecule has 2 heterocycles. The first kappa shape index (κ1) is 10.8. The SMILES string of the molecule is Nc1ncnc2nc(-c3cc(O)ccc3Cl)[nH]c12. The van der Waals surface area contributed by atoms with Crippen LogP contribution in [-0.2, 0) is 0 Å². The van der Waals surface area contributed by atoms with Gasteiger partial charge < -0.3 is 15.8 Å². The number of nitrogens with zero attached hydrogens (tertiary/aromatic N) is 3. The summed E-state index contributed by atoms with van der Waals surface area (Å²) < 4.78 is 0. The van der Waals surface area contributed by atoms with E-state index in [2.05, 4.69) is 19.9 Å². The predicted molar refractivity (Wildman–Crippen MR) is 68.2 cm³/mol. The number of H-pyrrole nitrogens is 1. The van der Waals surface area contributed by atoms with Crippen molar-refractivity contribution < 1.29 is 5.11 Å². The lowest BCUT2D eigenvalue weighted by atomic mass is 10.2. The summed E-state index contributed by atoms with van der Waals surface area (Å²) in [5.74, 6) is 0.905. The van der Waals surface area contributed by atoms with Gasteiger partial charge in [-0.25, -0.2) is 15.0 Å². The van der Waals surface area contributed by atoms with Crippen LogP contribution in [0.15, 0.2) is 24.5 Å². The molecule has 90 valence electrons. The van der Waals surface area contributed by atoms with Gasteiger partial charge in [0.25, 0.3) is 0 Å². The van der Waals surface area contributed by atoms with E-state index in [1.54, 1.807) is 6.07 Å². The summed E-state index contributed by atoms with van der Waals surface area (Å²) in [6.07, 6.45) is 1.34. The zero-order valence-corrected chi connectivity index (χ0v) is 9.81. The third kappa shape index (κ3) is 1.63. The number of aromatic nitrogens is 4. The van der Waals surface area contributed by atoms with Gasteiger partial charge in [0.05, 0.1) is 5.02 Å². The van der Waals surface area contributed by atoms with Crippen LogP contribution in [0.2, 0.25) is 5.02 Å². The van der Waals surface area contributed by atoms with Gasteiger partial charge >= 0.3 is 0 Å². The number of phenols is 1. The normalized spacial score (nSPS) is 10.9. The van der Waals surface area contributed by atoms with Crippen molar-refractivity contribution in [3.8, 4) is 17.1 Å². The molecular weight excluding hydrogens is 254 g/mol. The van der Waals surface area contributed by atoms with Crippen LogP contribution in [0.1, 0.15) is 0 Å². The molecule has 0 aliphatic carbocycles. The number of aromatic hydroxyl groups is 1. The Kier molecular flexibility index (Phi) is 2.31. The highest BCUT2D eigenvalue weighted by Gasteiger charge is 2.12. The van der Waals surface area contributed by atoms with Gasteiger partial charge in [-0.1, -0.05) is 11.6 Å². The molecule has 2 aromatic heterocycles. The van der Waals surface area contributed by atoms with E-state index in [1.807, 2.05) is 0 Å². The summed E-state index contributed by atoms with van der Waals surface area (Å²) in [7, 11) is 0. The Bertz CT molecular complexity index is 739. The minimum atomic E-state index is 0.105. The number of halogens is 1. The fourth-order valence-corrected chi connectivity index (χ4v) is 1.88. The van der Waals surface area contributed by atoms with Gasteiger partial charge in [0.15, 0.2) is 11.5 Å². The van der Waals surface area contributed by atoms with Crippen molar-refractivity contribution in [1.82, 2.24) is 19.9 Å². The smallest absolute Gasteiger partial charge is 0.183 e. The quantitative estimate of drug-likeness (QED) is 0.622. The second-order valence-corrected chi connectivity index (χ2v) is 4.11. The van der Waals surface area contributed by atoms with Gasteiger partial charge in [0, 0.05) is 5.56 Å².